The van der Waals surface area contributed by atoms with Gasteiger partial charge in [0.25, 0.3) is 0 Å². The van der Waals surface area contributed by atoms with Crippen LogP contribution in [0.15, 0.2) is 12.1 Å². The van der Waals surface area contributed by atoms with Crippen molar-refractivity contribution in [2.45, 2.75) is 26.0 Å². The second-order valence-electron chi connectivity index (χ2n) is 4.33. The lowest BCUT2D eigenvalue weighted by molar-refractivity contribution is 0.0421. The van der Waals surface area contributed by atoms with Crippen molar-refractivity contribution in [1.29, 1.82) is 0 Å². The van der Waals surface area contributed by atoms with Crippen LogP contribution in [0.3, 0.4) is 0 Å². The Kier molecular flexibility index (Phi) is 4.02. The van der Waals surface area contributed by atoms with Crippen LogP contribution < -0.4 is 0 Å². The first kappa shape index (κ1) is 12.4. The van der Waals surface area contributed by atoms with Crippen LogP contribution in [0, 0.1) is 0 Å². The molecule has 0 unspecified atom stereocenters. The Morgan fingerprint density at radius 1 is 1.40 bits per heavy atom. The Morgan fingerprint density at radius 2 is 2.07 bits per heavy atom. The van der Waals surface area contributed by atoms with Crippen LogP contribution in [0.25, 0.3) is 0 Å². The van der Waals surface area contributed by atoms with E-state index in [1.165, 1.54) is 0 Å². The fraction of sp³-hybridized carbons (Fsp3) is 0.600. The van der Waals surface area contributed by atoms with E-state index in [4.69, 9.17) is 11.6 Å². The molecule has 0 bridgehead atoms. The minimum Gasteiger partial charge on any atom is -0.389 e. The second kappa shape index (κ2) is 4.88. The number of nitrogens with zero attached hydrogens (tertiary/aromatic N) is 3. The van der Waals surface area contributed by atoms with Crippen molar-refractivity contribution >= 4 is 11.6 Å². The molecule has 0 radical (unpaired) electrons. The average Bonchev–Trinajstić information content (AvgIpc) is 2.05. The van der Waals surface area contributed by atoms with Crippen LogP contribution in [0.4, 0.5) is 0 Å². The zero-order chi connectivity index (χ0) is 11.5. The summed E-state index contributed by atoms with van der Waals surface area (Å²) in [5.41, 5.74) is 0.139. The van der Waals surface area contributed by atoms with Crippen molar-refractivity contribution in [1.82, 2.24) is 15.1 Å². The molecule has 4 nitrogen and oxygen atoms in total. The molecule has 84 valence electrons. The van der Waals surface area contributed by atoms with Gasteiger partial charge in [-0.3, -0.25) is 4.90 Å². The summed E-state index contributed by atoms with van der Waals surface area (Å²) in [4.78, 5) is 1.98. The summed E-state index contributed by atoms with van der Waals surface area (Å²) >= 11 is 5.63. The molecular weight excluding hydrogens is 214 g/mol. The Bertz CT molecular complexity index is 307. The summed E-state index contributed by atoms with van der Waals surface area (Å²) in [5.74, 6) is 0. The number of likely N-dealkylation sites (N-methyl/N-ethyl adjacent to an activating group) is 1. The fourth-order valence-corrected chi connectivity index (χ4v) is 1.52. The van der Waals surface area contributed by atoms with E-state index >= 15 is 0 Å². The number of aromatic nitrogens is 2. The van der Waals surface area contributed by atoms with Crippen molar-refractivity contribution in [3.8, 4) is 0 Å². The predicted molar refractivity (Wildman–Crippen MR) is 59.7 cm³/mol. The highest BCUT2D eigenvalue weighted by Gasteiger charge is 2.15. The summed E-state index contributed by atoms with van der Waals surface area (Å²) < 4.78 is 0. The molecule has 0 fully saturated rings. The average molecular weight is 230 g/mol. The fourth-order valence-electron chi connectivity index (χ4n) is 1.42. The zero-order valence-corrected chi connectivity index (χ0v) is 9.99. The van der Waals surface area contributed by atoms with Crippen molar-refractivity contribution in [3.63, 3.8) is 0 Å². The number of rotatable bonds is 4. The summed E-state index contributed by atoms with van der Waals surface area (Å²) in [5, 5.41) is 17.7. The van der Waals surface area contributed by atoms with Crippen molar-refractivity contribution in [3.05, 3.63) is 23.0 Å². The second-order valence-corrected chi connectivity index (χ2v) is 4.72. The van der Waals surface area contributed by atoms with E-state index in [-0.39, 0.29) is 0 Å². The minimum absolute atomic E-state index is 0.392. The Balaban J connectivity index is 2.51. The Labute approximate surface area is 94.9 Å². The third-order valence-corrected chi connectivity index (χ3v) is 1.98. The molecule has 1 N–H and O–H groups in total. The van der Waals surface area contributed by atoms with Gasteiger partial charge in [0.15, 0.2) is 5.15 Å². The van der Waals surface area contributed by atoms with Crippen molar-refractivity contribution in [2.24, 2.45) is 0 Å². The van der Waals surface area contributed by atoms with E-state index in [0.717, 1.165) is 5.69 Å². The summed E-state index contributed by atoms with van der Waals surface area (Å²) in [6.07, 6.45) is 0. The van der Waals surface area contributed by atoms with Gasteiger partial charge in [-0.25, -0.2) is 0 Å². The lowest BCUT2D eigenvalue weighted by Crippen LogP contribution is -2.36. The van der Waals surface area contributed by atoms with Gasteiger partial charge in [-0.1, -0.05) is 11.6 Å². The highest BCUT2D eigenvalue weighted by atomic mass is 35.5. The third-order valence-electron chi connectivity index (χ3n) is 1.78. The normalized spacial score (nSPS) is 12.1. The lowest BCUT2D eigenvalue weighted by Gasteiger charge is -2.24. The smallest absolute Gasteiger partial charge is 0.151 e. The van der Waals surface area contributed by atoms with Crippen LogP contribution >= 0.6 is 11.6 Å². The molecule has 0 atom stereocenters. The summed E-state index contributed by atoms with van der Waals surface area (Å²) in [7, 11) is 1.92. The van der Waals surface area contributed by atoms with Gasteiger partial charge in [0.2, 0.25) is 0 Å². The van der Waals surface area contributed by atoms with Gasteiger partial charge in [-0.2, -0.15) is 5.10 Å². The maximum atomic E-state index is 9.61. The van der Waals surface area contributed by atoms with Gasteiger partial charge >= 0.3 is 0 Å². The molecule has 1 heterocycles. The molecule has 1 aromatic rings. The molecule has 0 saturated heterocycles. The Morgan fingerprint density at radius 3 is 2.53 bits per heavy atom. The van der Waals surface area contributed by atoms with E-state index in [0.29, 0.717) is 18.2 Å². The van der Waals surface area contributed by atoms with Crippen LogP contribution in [-0.4, -0.2) is 39.4 Å². The molecule has 0 aromatic carbocycles. The highest BCUT2D eigenvalue weighted by molar-refractivity contribution is 6.29. The largest absolute Gasteiger partial charge is 0.389 e. The maximum Gasteiger partial charge on any atom is 0.151 e. The molecule has 15 heavy (non-hydrogen) atoms. The standard InChI is InChI=1S/C10H16ClN3O/c1-10(2,15)7-14(3)6-8-4-5-9(11)13-12-8/h4-5,15H,6-7H2,1-3H3. The van der Waals surface area contributed by atoms with Crippen LogP contribution in [0.5, 0.6) is 0 Å². The highest BCUT2D eigenvalue weighted by Crippen LogP contribution is 2.07. The zero-order valence-electron chi connectivity index (χ0n) is 9.24. The van der Waals surface area contributed by atoms with Gasteiger partial charge in [-0.05, 0) is 33.0 Å². The van der Waals surface area contributed by atoms with Crippen LogP contribution in [0.2, 0.25) is 5.15 Å². The predicted octanol–water partition coefficient (Wildman–Crippen LogP) is 1.33. The monoisotopic (exact) mass is 229 g/mol. The van der Waals surface area contributed by atoms with Gasteiger partial charge < -0.3 is 5.11 Å². The molecular formula is C10H16ClN3O. The molecule has 0 aliphatic rings. The molecule has 0 spiro atoms. The van der Waals surface area contributed by atoms with Crippen molar-refractivity contribution < 1.29 is 5.11 Å². The van der Waals surface area contributed by atoms with Gasteiger partial charge in [0.1, 0.15) is 0 Å². The van der Waals surface area contributed by atoms with Crippen LogP contribution in [-0.2, 0) is 6.54 Å². The maximum absolute atomic E-state index is 9.61. The first-order valence-corrected chi connectivity index (χ1v) is 5.14. The molecule has 0 aliphatic heterocycles. The van der Waals surface area contributed by atoms with E-state index in [1.807, 2.05) is 18.0 Å². The van der Waals surface area contributed by atoms with Crippen LogP contribution in [0.1, 0.15) is 19.5 Å². The molecule has 1 aromatic heterocycles. The molecule has 0 amide bonds. The Hall–Kier alpha value is -0.710. The topological polar surface area (TPSA) is 49.2 Å². The van der Waals surface area contributed by atoms with E-state index in [9.17, 15) is 5.11 Å². The summed E-state index contributed by atoms with van der Waals surface area (Å²) in [6, 6.07) is 3.54. The quantitative estimate of drug-likeness (QED) is 0.847. The SMILES string of the molecule is CN(Cc1ccc(Cl)nn1)CC(C)(C)O. The van der Waals surface area contributed by atoms with Gasteiger partial charge in [0.05, 0.1) is 11.3 Å². The van der Waals surface area contributed by atoms with Gasteiger partial charge in [-0.15, -0.1) is 5.10 Å². The van der Waals surface area contributed by atoms with Gasteiger partial charge in [0, 0.05) is 13.1 Å². The first-order chi connectivity index (χ1) is 6.87. The molecule has 1 rings (SSSR count). The summed E-state index contributed by atoms with van der Waals surface area (Å²) in [6.45, 7) is 4.78. The van der Waals surface area contributed by atoms with E-state index < -0.39 is 5.60 Å². The number of hydrogen-bond donors (Lipinski definition) is 1. The van der Waals surface area contributed by atoms with E-state index in [1.54, 1.807) is 19.9 Å². The number of hydrogen-bond acceptors (Lipinski definition) is 4. The molecule has 0 aliphatic carbocycles. The van der Waals surface area contributed by atoms with E-state index in [2.05, 4.69) is 10.2 Å². The van der Waals surface area contributed by atoms with Crippen molar-refractivity contribution in [2.75, 3.05) is 13.6 Å². The number of aliphatic hydroxyl groups is 1. The molecule has 5 heteroatoms. The first-order valence-electron chi connectivity index (χ1n) is 4.76. The molecule has 0 saturated carbocycles. The number of halogens is 1. The lowest BCUT2D eigenvalue weighted by atomic mass is 10.1. The third kappa shape index (κ3) is 5.06. The minimum atomic E-state index is -0.700.